The Morgan fingerprint density at radius 1 is 1.00 bits per heavy atom. The van der Waals surface area contributed by atoms with E-state index in [0.29, 0.717) is 29.4 Å². The highest BCUT2D eigenvalue weighted by molar-refractivity contribution is 9.10. The first-order valence-electron chi connectivity index (χ1n) is 10.5. The van der Waals surface area contributed by atoms with E-state index in [-0.39, 0.29) is 5.91 Å². The molecule has 0 radical (unpaired) electrons. The van der Waals surface area contributed by atoms with Gasteiger partial charge < -0.3 is 16.0 Å². The minimum absolute atomic E-state index is 0.164. The van der Waals surface area contributed by atoms with Crippen molar-refractivity contribution < 1.29 is 4.79 Å². The van der Waals surface area contributed by atoms with Crippen molar-refractivity contribution in [2.75, 3.05) is 0 Å². The van der Waals surface area contributed by atoms with Gasteiger partial charge in [0.2, 0.25) is 0 Å². The van der Waals surface area contributed by atoms with Crippen molar-refractivity contribution in [3.05, 3.63) is 99.1 Å². The van der Waals surface area contributed by atoms with Crippen LogP contribution in [0.25, 0.3) is 33.1 Å². The molecular formula is C26H20BrClN4O. The molecule has 33 heavy (non-hydrogen) atoms. The van der Waals surface area contributed by atoms with Crippen molar-refractivity contribution in [2.45, 2.75) is 13.1 Å². The third kappa shape index (κ3) is 4.37. The number of aromatic nitrogens is 2. The number of hydrogen-bond donors (Lipinski definition) is 3. The number of nitrogens with two attached hydrogens (primary N) is 1. The molecule has 3 aromatic carbocycles. The van der Waals surface area contributed by atoms with E-state index in [9.17, 15) is 4.79 Å². The maximum atomic E-state index is 13.3. The van der Waals surface area contributed by atoms with Crippen LogP contribution in [0.15, 0.2) is 77.4 Å². The lowest BCUT2D eigenvalue weighted by Crippen LogP contribution is -2.23. The predicted octanol–water partition coefficient (Wildman–Crippen LogP) is 6.19. The lowest BCUT2D eigenvalue weighted by atomic mass is 10.0. The number of rotatable bonds is 5. The maximum Gasteiger partial charge on any atom is 0.252 e. The molecule has 2 aromatic heterocycles. The average Bonchev–Trinajstić information content (AvgIpc) is 3.25. The number of nitrogens with one attached hydrogen (secondary N) is 2. The third-order valence-electron chi connectivity index (χ3n) is 5.65. The van der Waals surface area contributed by atoms with Crippen LogP contribution in [-0.4, -0.2) is 15.9 Å². The van der Waals surface area contributed by atoms with Crippen molar-refractivity contribution in [3.8, 4) is 11.3 Å². The van der Waals surface area contributed by atoms with Crippen LogP contribution in [-0.2, 0) is 13.1 Å². The molecule has 5 nitrogen and oxygen atoms in total. The molecule has 0 atom stereocenters. The fourth-order valence-electron chi connectivity index (χ4n) is 3.90. The summed E-state index contributed by atoms with van der Waals surface area (Å²) in [4.78, 5) is 21.4. The number of fused-ring (bicyclic) bond motifs is 2. The normalized spacial score (nSPS) is 11.2. The number of hydrogen-bond acceptors (Lipinski definition) is 3. The zero-order valence-electron chi connectivity index (χ0n) is 17.5. The molecular weight excluding hydrogens is 500 g/mol. The molecule has 7 heteroatoms. The largest absolute Gasteiger partial charge is 0.360 e. The summed E-state index contributed by atoms with van der Waals surface area (Å²) in [5.41, 5.74) is 11.6. The molecule has 0 unspecified atom stereocenters. The van der Waals surface area contributed by atoms with Gasteiger partial charge in [0, 0.05) is 50.6 Å². The van der Waals surface area contributed by atoms with E-state index in [1.165, 1.54) is 0 Å². The Labute approximate surface area is 204 Å². The SMILES string of the molecule is NCc1ccc(CNC(=O)c2cc(-c3c[nH]c4ccc(Cl)cc34)nc3ccc(Br)cc23)cc1. The molecule has 1 amide bonds. The summed E-state index contributed by atoms with van der Waals surface area (Å²) in [5, 5.41) is 5.42. The van der Waals surface area contributed by atoms with Crippen LogP contribution in [0, 0.1) is 0 Å². The van der Waals surface area contributed by atoms with Gasteiger partial charge in [0.15, 0.2) is 0 Å². The molecule has 0 bridgehead atoms. The van der Waals surface area contributed by atoms with Crippen molar-refractivity contribution in [2.24, 2.45) is 5.73 Å². The van der Waals surface area contributed by atoms with Crippen molar-refractivity contribution >= 4 is 55.2 Å². The smallest absolute Gasteiger partial charge is 0.252 e. The highest BCUT2D eigenvalue weighted by Gasteiger charge is 2.16. The first-order chi connectivity index (χ1) is 16.0. The van der Waals surface area contributed by atoms with Crippen molar-refractivity contribution in [3.63, 3.8) is 0 Å². The van der Waals surface area contributed by atoms with E-state index in [2.05, 4.69) is 26.2 Å². The zero-order valence-corrected chi connectivity index (χ0v) is 19.9. The van der Waals surface area contributed by atoms with Crippen molar-refractivity contribution in [1.29, 1.82) is 0 Å². The fraction of sp³-hybridized carbons (Fsp3) is 0.0769. The molecule has 0 spiro atoms. The van der Waals surface area contributed by atoms with E-state index in [1.807, 2.05) is 72.9 Å². The van der Waals surface area contributed by atoms with Crippen LogP contribution in [0.5, 0.6) is 0 Å². The van der Waals surface area contributed by atoms with Gasteiger partial charge in [-0.15, -0.1) is 0 Å². The Hall–Kier alpha value is -3.19. The van der Waals surface area contributed by atoms with Gasteiger partial charge in [-0.25, -0.2) is 4.98 Å². The first kappa shape index (κ1) is 21.6. The van der Waals surface area contributed by atoms with Crippen molar-refractivity contribution in [1.82, 2.24) is 15.3 Å². The lowest BCUT2D eigenvalue weighted by molar-refractivity contribution is 0.0952. The van der Waals surface area contributed by atoms with Gasteiger partial charge in [0.05, 0.1) is 16.8 Å². The second kappa shape index (κ2) is 8.98. The monoisotopic (exact) mass is 518 g/mol. The lowest BCUT2D eigenvalue weighted by Gasteiger charge is -2.11. The number of halogens is 2. The molecule has 0 aliphatic rings. The molecule has 2 heterocycles. The highest BCUT2D eigenvalue weighted by atomic mass is 79.9. The Balaban J connectivity index is 1.55. The van der Waals surface area contributed by atoms with Gasteiger partial charge in [0.1, 0.15) is 0 Å². The van der Waals surface area contributed by atoms with Crippen LogP contribution in [0.3, 0.4) is 0 Å². The average molecular weight is 520 g/mol. The summed E-state index contributed by atoms with van der Waals surface area (Å²) in [6.07, 6.45) is 1.90. The van der Waals surface area contributed by atoms with Crippen LogP contribution in [0.4, 0.5) is 0 Å². The number of carbonyl (C=O) groups excluding carboxylic acids is 1. The van der Waals surface area contributed by atoms with E-state index < -0.39 is 0 Å². The Morgan fingerprint density at radius 3 is 2.58 bits per heavy atom. The van der Waals surface area contributed by atoms with Gasteiger partial charge in [0.25, 0.3) is 5.91 Å². The van der Waals surface area contributed by atoms with E-state index in [0.717, 1.165) is 43.0 Å². The topological polar surface area (TPSA) is 83.8 Å². The van der Waals surface area contributed by atoms with Gasteiger partial charge in [-0.2, -0.15) is 0 Å². The minimum Gasteiger partial charge on any atom is -0.360 e. The summed E-state index contributed by atoms with van der Waals surface area (Å²) in [5.74, 6) is -0.164. The standard InChI is InChI=1S/C26H20BrClN4O/c27-17-5-7-24-19(9-17)21(26(33)31-13-16-3-1-15(12-29)2-4-16)11-25(32-24)22-14-30-23-8-6-18(28)10-20(22)23/h1-11,14,30H,12-13,29H2,(H,31,33). The third-order valence-corrected chi connectivity index (χ3v) is 6.38. The second-order valence-electron chi connectivity index (χ2n) is 7.81. The van der Waals surface area contributed by atoms with E-state index in [1.54, 1.807) is 0 Å². The summed E-state index contributed by atoms with van der Waals surface area (Å²) < 4.78 is 0.884. The number of carbonyl (C=O) groups is 1. The number of amides is 1. The zero-order chi connectivity index (χ0) is 22.9. The number of aromatic amines is 1. The van der Waals surface area contributed by atoms with Gasteiger partial charge in [-0.05, 0) is 53.6 Å². The summed E-state index contributed by atoms with van der Waals surface area (Å²) in [7, 11) is 0. The van der Waals surface area contributed by atoms with Gasteiger partial charge >= 0.3 is 0 Å². The minimum atomic E-state index is -0.164. The van der Waals surface area contributed by atoms with E-state index >= 15 is 0 Å². The van der Waals surface area contributed by atoms with Crippen LogP contribution >= 0.6 is 27.5 Å². The van der Waals surface area contributed by atoms with Gasteiger partial charge in [-0.1, -0.05) is 51.8 Å². The number of nitrogens with zero attached hydrogens (tertiary/aromatic N) is 1. The number of benzene rings is 3. The van der Waals surface area contributed by atoms with Crippen LogP contribution < -0.4 is 11.1 Å². The van der Waals surface area contributed by atoms with E-state index in [4.69, 9.17) is 22.3 Å². The quantitative estimate of drug-likeness (QED) is 0.259. The number of pyridine rings is 1. The molecule has 0 saturated heterocycles. The Bertz CT molecular complexity index is 1490. The fourth-order valence-corrected chi connectivity index (χ4v) is 4.43. The molecule has 0 fully saturated rings. The molecule has 5 rings (SSSR count). The molecule has 164 valence electrons. The van der Waals surface area contributed by atoms with Crippen LogP contribution in [0.2, 0.25) is 5.02 Å². The molecule has 4 N–H and O–H groups in total. The Kier molecular flexibility index (Phi) is 5.89. The summed E-state index contributed by atoms with van der Waals surface area (Å²) >= 11 is 9.75. The first-order valence-corrected chi connectivity index (χ1v) is 11.6. The molecule has 5 aromatic rings. The molecule has 0 aliphatic carbocycles. The summed E-state index contributed by atoms with van der Waals surface area (Å²) in [6.45, 7) is 0.909. The predicted molar refractivity (Wildman–Crippen MR) is 137 cm³/mol. The highest BCUT2D eigenvalue weighted by Crippen LogP contribution is 2.32. The molecule has 0 aliphatic heterocycles. The van der Waals surface area contributed by atoms with Gasteiger partial charge in [-0.3, -0.25) is 4.79 Å². The second-order valence-corrected chi connectivity index (χ2v) is 9.16. The van der Waals surface area contributed by atoms with Crippen LogP contribution in [0.1, 0.15) is 21.5 Å². The molecule has 0 saturated carbocycles. The number of H-pyrrole nitrogens is 1. The Morgan fingerprint density at radius 2 is 1.79 bits per heavy atom. The summed E-state index contributed by atoms with van der Waals surface area (Å²) in [6, 6.07) is 21.2. The maximum absolute atomic E-state index is 13.3.